The number of ether oxygens (including phenoxy) is 1. The summed E-state index contributed by atoms with van der Waals surface area (Å²) in [4.78, 5) is 11.9. The number of carbonyl (C=O) groups excluding carboxylic acids is 1. The zero-order chi connectivity index (χ0) is 13.2. The molecule has 2 rings (SSSR count). The SMILES string of the molecule is Cc1cc(N)cc(C(=O)OCC2(CC#N)CC2)c1. The van der Waals surface area contributed by atoms with Crippen LogP contribution in [0.3, 0.4) is 0 Å². The lowest BCUT2D eigenvalue weighted by Gasteiger charge is -2.12. The molecule has 0 radical (unpaired) electrons. The van der Waals surface area contributed by atoms with E-state index in [-0.39, 0.29) is 11.4 Å². The Morgan fingerprint density at radius 2 is 2.22 bits per heavy atom. The molecule has 0 saturated heterocycles. The minimum atomic E-state index is -0.366. The predicted molar refractivity (Wildman–Crippen MR) is 67.8 cm³/mol. The molecule has 1 aliphatic rings. The lowest BCUT2D eigenvalue weighted by molar-refractivity contribution is 0.0419. The molecule has 1 fully saturated rings. The van der Waals surface area contributed by atoms with Gasteiger partial charge in [-0.05, 0) is 43.5 Å². The second kappa shape index (κ2) is 4.69. The van der Waals surface area contributed by atoms with E-state index in [1.54, 1.807) is 18.2 Å². The van der Waals surface area contributed by atoms with Crippen LogP contribution in [0.4, 0.5) is 5.69 Å². The van der Waals surface area contributed by atoms with Gasteiger partial charge in [0, 0.05) is 17.5 Å². The van der Waals surface area contributed by atoms with Gasteiger partial charge in [0.2, 0.25) is 0 Å². The molecule has 4 heteroatoms. The Hall–Kier alpha value is -2.02. The molecule has 0 spiro atoms. The summed E-state index contributed by atoms with van der Waals surface area (Å²) in [6, 6.07) is 7.30. The monoisotopic (exact) mass is 244 g/mol. The minimum absolute atomic E-state index is 0.0836. The molecule has 94 valence electrons. The predicted octanol–water partition coefficient (Wildman–Crippen LogP) is 2.43. The van der Waals surface area contributed by atoms with Crippen molar-refractivity contribution in [1.29, 1.82) is 5.26 Å². The van der Waals surface area contributed by atoms with Crippen molar-refractivity contribution in [2.75, 3.05) is 12.3 Å². The van der Waals surface area contributed by atoms with E-state index in [9.17, 15) is 4.79 Å². The van der Waals surface area contributed by atoms with E-state index in [1.807, 2.05) is 6.92 Å². The Labute approximate surface area is 106 Å². The van der Waals surface area contributed by atoms with E-state index in [0.717, 1.165) is 18.4 Å². The molecule has 1 aromatic rings. The first-order chi connectivity index (χ1) is 8.54. The van der Waals surface area contributed by atoms with Gasteiger partial charge in [0.1, 0.15) is 0 Å². The van der Waals surface area contributed by atoms with Crippen molar-refractivity contribution < 1.29 is 9.53 Å². The average Bonchev–Trinajstić information content (AvgIpc) is 3.06. The molecule has 1 aliphatic carbocycles. The van der Waals surface area contributed by atoms with E-state index in [1.165, 1.54) is 0 Å². The third kappa shape index (κ3) is 2.80. The standard InChI is InChI=1S/C14H16N2O2/c1-10-6-11(8-12(16)7-10)13(17)18-9-14(2-3-14)4-5-15/h6-8H,2-4,9,16H2,1H3. The van der Waals surface area contributed by atoms with Crippen molar-refractivity contribution in [2.45, 2.75) is 26.2 Å². The molecule has 0 heterocycles. The summed E-state index contributed by atoms with van der Waals surface area (Å²) in [5.41, 5.74) is 7.56. The van der Waals surface area contributed by atoms with Gasteiger partial charge in [0.15, 0.2) is 0 Å². The van der Waals surface area contributed by atoms with Gasteiger partial charge < -0.3 is 10.5 Å². The third-order valence-corrected chi connectivity index (χ3v) is 3.26. The molecule has 0 aliphatic heterocycles. The molecule has 4 nitrogen and oxygen atoms in total. The number of hydrogen-bond acceptors (Lipinski definition) is 4. The van der Waals surface area contributed by atoms with E-state index in [2.05, 4.69) is 6.07 Å². The molecule has 0 bridgehead atoms. The van der Waals surface area contributed by atoms with Gasteiger partial charge >= 0.3 is 5.97 Å². The fourth-order valence-electron chi connectivity index (χ4n) is 1.95. The van der Waals surface area contributed by atoms with Gasteiger partial charge in [-0.1, -0.05) is 0 Å². The van der Waals surface area contributed by atoms with Gasteiger partial charge in [-0.3, -0.25) is 0 Å². The number of nitrogen functional groups attached to an aromatic ring is 1. The maximum absolute atomic E-state index is 11.9. The van der Waals surface area contributed by atoms with Gasteiger partial charge in [-0.25, -0.2) is 4.79 Å². The van der Waals surface area contributed by atoms with E-state index >= 15 is 0 Å². The first kappa shape index (κ1) is 12.4. The van der Waals surface area contributed by atoms with Crippen LogP contribution < -0.4 is 5.73 Å². The number of hydrogen-bond donors (Lipinski definition) is 1. The van der Waals surface area contributed by atoms with Gasteiger partial charge in [-0.15, -0.1) is 0 Å². The Balaban J connectivity index is 1.98. The van der Waals surface area contributed by atoms with Gasteiger partial charge in [0.25, 0.3) is 0 Å². The molecule has 18 heavy (non-hydrogen) atoms. The summed E-state index contributed by atoms with van der Waals surface area (Å²) in [5, 5.41) is 8.69. The largest absolute Gasteiger partial charge is 0.461 e. The minimum Gasteiger partial charge on any atom is -0.461 e. The maximum atomic E-state index is 11.9. The zero-order valence-electron chi connectivity index (χ0n) is 10.4. The van der Waals surface area contributed by atoms with Crippen LogP contribution in [0.1, 0.15) is 35.2 Å². The summed E-state index contributed by atoms with van der Waals surface area (Å²) in [7, 11) is 0. The molecule has 0 aromatic heterocycles. The van der Waals surface area contributed by atoms with Crippen LogP contribution in [0, 0.1) is 23.7 Å². The number of esters is 1. The van der Waals surface area contributed by atoms with Crippen molar-refractivity contribution in [2.24, 2.45) is 5.41 Å². The Morgan fingerprint density at radius 3 is 2.78 bits per heavy atom. The molecular weight excluding hydrogens is 228 g/mol. The van der Waals surface area contributed by atoms with Crippen molar-refractivity contribution in [1.82, 2.24) is 0 Å². The first-order valence-corrected chi connectivity index (χ1v) is 5.96. The Morgan fingerprint density at radius 1 is 1.50 bits per heavy atom. The zero-order valence-corrected chi connectivity index (χ0v) is 10.4. The highest BCUT2D eigenvalue weighted by Crippen LogP contribution is 2.48. The van der Waals surface area contributed by atoms with E-state index in [0.29, 0.717) is 24.3 Å². The van der Waals surface area contributed by atoms with Crippen LogP contribution in [-0.2, 0) is 4.74 Å². The molecule has 0 unspecified atom stereocenters. The summed E-state index contributed by atoms with van der Waals surface area (Å²) in [6.45, 7) is 2.21. The normalized spacial score (nSPS) is 15.8. The summed E-state index contributed by atoms with van der Waals surface area (Å²) < 4.78 is 5.27. The van der Waals surface area contributed by atoms with Crippen LogP contribution in [0.5, 0.6) is 0 Å². The lowest BCUT2D eigenvalue weighted by atomic mass is 10.1. The summed E-state index contributed by atoms with van der Waals surface area (Å²) >= 11 is 0. The Bertz CT molecular complexity index is 493. The van der Waals surface area contributed by atoms with E-state index in [4.69, 9.17) is 15.7 Å². The van der Waals surface area contributed by atoms with Gasteiger partial charge in [0.05, 0.1) is 18.2 Å². The number of rotatable bonds is 4. The third-order valence-electron chi connectivity index (χ3n) is 3.26. The second-order valence-electron chi connectivity index (χ2n) is 5.04. The quantitative estimate of drug-likeness (QED) is 0.652. The Kier molecular flexibility index (Phi) is 3.24. The highest BCUT2D eigenvalue weighted by Gasteiger charge is 2.43. The van der Waals surface area contributed by atoms with E-state index < -0.39 is 0 Å². The van der Waals surface area contributed by atoms with Crippen molar-refractivity contribution in [3.05, 3.63) is 29.3 Å². The van der Waals surface area contributed by atoms with Crippen molar-refractivity contribution in [3.8, 4) is 6.07 Å². The smallest absolute Gasteiger partial charge is 0.338 e. The number of benzene rings is 1. The number of anilines is 1. The van der Waals surface area contributed by atoms with Crippen LogP contribution in [0.2, 0.25) is 0 Å². The topological polar surface area (TPSA) is 76.1 Å². The highest BCUT2D eigenvalue weighted by molar-refractivity contribution is 5.90. The van der Waals surface area contributed by atoms with Crippen LogP contribution in [-0.4, -0.2) is 12.6 Å². The molecule has 0 amide bonds. The van der Waals surface area contributed by atoms with Gasteiger partial charge in [-0.2, -0.15) is 5.26 Å². The number of carbonyl (C=O) groups is 1. The fourth-order valence-corrected chi connectivity index (χ4v) is 1.95. The number of nitriles is 1. The molecule has 0 atom stereocenters. The summed E-state index contributed by atoms with van der Waals surface area (Å²) in [5.74, 6) is -0.366. The second-order valence-corrected chi connectivity index (χ2v) is 5.04. The van der Waals surface area contributed by atoms with Crippen LogP contribution >= 0.6 is 0 Å². The highest BCUT2D eigenvalue weighted by atomic mass is 16.5. The van der Waals surface area contributed by atoms with Crippen molar-refractivity contribution in [3.63, 3.8) is 0 Å². The van der Waals surface area contributed by atoms with Crippen LogP contribution in [0.15, 0.2) is 18.2 Å². The number of nitrogens with two attached hydrogens (primary N) is 1. The fraction of sp³-hybridized carbons (Fsp3) is 0.429. The number of nitrogens with zero attached hydrogens (tertiary/aromatic N) is 1. The molecule has 1 saturated carbocycles. The molecule has 1 aromatic carbocycles. The average molecular weight is 244 g/mol. The van der Waals surface area contributed by atoms with Crippen molar-refractivity contribution >= 4 is 11.7 Å². The maximum Gasteiger partial charge on any atom is 0.338 e. The lowest BCUT2D eigenvalue weighted by Crippen LogP contribution is -2.15. The first-order valence-electron chi connectivity index (χ1n) is 5.96. The van der Waals surface area contributed by atoms with Crippen LogP contribution in [0.25, 0.3) is 0 Å². The summed E-state index contributed by atoms with van der Waals surface area (Å²) in [6.07, 6.45) is 2.38. The molecular formula is C14H16N2O2. The number of aryl methyl sites for hydroxylation is 1. The molecule has 2 N–H and O–H groups in total.